The molecule has 0 N–H and O–H groups in total. The Morgan fingerprint density at radius 1 is 1.23 bits per heavy atom. The second-order valence-corrected chi connectivity index (χ2v) is 3.40. The Bertz CT molecular complexity index is 233. The summed E-state index contributed by atoms with van der Waals surface area (Å²) in [6, 6.07) is 10.6. The van der Waals surface area contributed by atoms with Crippen LogP contribution in [-0.2, 0) is 11.4 Å². The molecule has 0 aliphatic carbocycles. The Hall–Kier alpha value is -0.860. The number of hydrogen-bond donors (Lipinski definition) is 0. The molecule has 2 heteroatoms. The Labute approximate surface area is 80.1 Å². The molecule has 1 aromatic rings. The van der Waals surface area contributed by atoms with Gasteiger partial charge in [0.25, 0.3) is 0 Å². The third-order valence-corrected chi connectivity index (χ3v) is 2.00. The molecule has 0 unspecified atom stereocenters. The first kappa shape index (κ1) is 10.2. The highest BCUT2D eigenvalue weighted by atomic mass is 16.7. The first-order valence-corrected chi connectivity index (χ1v) is 4.60. The van der Waals surface area contributed by atoms with Crippen LogP contribution in [0.2, 0.25) is 0 Å². The second-order valence-electron chi connectivity index (χ2n) is 3.40. The molecule has 0 fully saturated rings. The van der Waals surface area contributed by atoms with E-state index < -0.39 is 0 Å². The maximum absolute atomic E-state index is 5.52. The van der Waals surface area contributed by atoms with Crippen molar-refractivity contribution in [3.8, 4) is 0 Å². The summed E-state index contributed by atoms with van der Waals surface area (Å²) in [6.45, 7) is 4.85. The van der Waals surface area contributed by atoms with Crippen LogP contribution in [0.3, 0.4) is 0 Å². The highest BCUT2D eigenvalue weighted by Crippen LogP contribution is 2.03. The summed E-state index contributed by atoms with van der Waals surface area (Å²) in [5.74, 6) is 0. The van der Waals surface area contributed by atoms with Crippen LogP contribution < -0.4 is 0 Å². The zero-order valence-electron chi connectivity index (χ0n) is 8.53. The molecule has 0 radical (unpaired) electrons. The summed E-state index contributed by atoms with van der Waals surface area (Å²) in [4.78, 5) is 5.52. The predicted molar refractivity (Wildman–Crippen MR) is 54.1 cm³/mol. The van der Waals surface area contributed by atoms with Crippen LogP contribution in [0.25, 0.3) is 0 Å². The minimum absolute atomic E-state index is 0.420. The Kier molecular flexibility index (Phi) is 3.93. The molecule has 0 amide bonds. The fraction of sp³-hybridized carbons (Fsp3) is 0.455. The smallest absolute Gasteiger partial charge is 0.0935 e. The van der Waals surface area contributed by atoms with Gasteiger partial charge in [0, 0.05) is 13.1 Å². The summed E-state index contributed by atoms with van der Waals surface area (Å²) < 4.78 is 0. The van der Waals surface area contributed by atoms with Crippen molar-refractivity contribution in [1.29, 1.82) is 0 Å². The number of benzene rings is 1. The van der Waals surface area contributed by atoms with E-state index in [1.807, 2.05) is 30.3 Å². The van der Waals surface area contributed by atoms with Crippen molar-refractivity contribution in [3.63, 3.8) is 0 Å². The van der Waals surface area contributed by atoms with Gasteiger partial charge < -0.3 is 0 Å². The third-order valence-electron chi connectivity index (χ3n) is 2.00. The summed E-state index contributed by atoms with van der Waals surface area (Å²) in [5.41, 5.74) is 1.20. The molecule has 0 aromatic heterocycles. The van der Waals surface area contributed by atoms with Crippen molar-refractivity contribution >= 4 is 0 Å². The maximum atomic E-state index is 5.52. The quantitative estimate of drug-likeness (QED) is 0.658. The lowest BCUT2D eigenvalue weighted by Crippen LogP contribution is -2.26. The molecule has 0 atom stereocenters. The molecule has 0 spiro atoms. The predicted octanol–water partition coefficient (Wildman–Crippen LogP) is 2.46. The first-order chi connectivity index (χ1) is 6.20. The molecule has 0 aliphatic heterocycles. The molecule has 0 heterocycles. The molecule has 0 saturated heterocycles. The summed E-state index contributed by atoms with van der Waals surface area (Å²) in [5, 5.41) is 1.87. The van der Waals surface area contributed by atoms with Gasteiger partial charge in [-0.3, -0.25) is 4.84 Å². The van der Waals surface area contributed by atoms with Crippen molar-refractivity contribution in [1.82, 2.24) is 5.06 Å². The SMILES string of the molecule is CC(C)N(C)OCc1ccccc1. The monoisotopic (exact) mass is 179 g/mol. The maximum Gasteiger partial charge on any atom is 0.0935 e. The van der Waals surface area contributed by atoms with E-state index in [2.05, 4.69) is 26.0 Å². The van der Waals surface area contributed by atoms with Gasteiger partial charge in [0.1, 0.15) is 0 Å². The van der Waals surface area contributed by atoms with Gasteiger partial charge in [0.15, 0.2) is 0 Å². The van der Waals surface area contributed by atoms with E-state index in [9.17, 15) is 0 Å². The van der Waals surface area contributed by atoms with Crippen molar-refractivity contribution < 1.29 is 4.84 Å². The van der Waals surface area contributed by atoms with E-state index in [0.717, 1.165) is 0 Å². The highest BCUT2D eigenvalue weighted by Gasteiger charge is 2.02. The number of nitrogens with zero attached hydrogens (tertiary/aromatic N) is 1. The minimum atomic E-state index is 0.420. The van der Waals surface area contributed by atoms with E-state index in [-0.39, 0.29) is 0 Å². The average molecular weight is 179 g/mol. The molecular weight excluding hydrogens is 162 g/mol. The van der Waals surface area contributed by atoms with Crippen LogP contribution in [0, 0.1) is 0 Å². The Morgan fingerprint density at radius 3 is 2.38 bits per heavy atom. The normalized spacial score (nSPS) is 11.2. The number of hydrogen-bond acceptors (Lipinski definition) is 2. The van der Waals surface area contributed by atoms with E-state index in [4.69, 9.17) is 4.84 Å². The molecule has 0 bridgehead atoms. The fourth-order valence-corrected chi connectivity index (χ4v) is 0.900. The molecule has 1 aromatic carbocycles. The van der Waals surface area contributed by atoms with Crippen LogP contribution in [0.1, 0.15) is 19.4 Å². The van der Waals surface area contributed by atoms with Crippen LogP contribution in [0.15, 0.2) is 30.3 Å². The average Bonchev–Trinajstić information content (AvgIpc) is 2.15. The topological polar surface area (TPSA) is 12.5 Å². The molecule has 0 saturated carbocycles. The zero-order chi connectivity index (χ0) is 9.68. The lowest BCUT2D eigenvalue weighted by molar-refractivity contribution is -0.170. The third kappa shape index (κ3) is 3.57. The Balaban J connectivity index is 2.35. The van der Waals surface area contributed by atoms with Crippen molar-refractivity contribution in [2.75, 3.05) is 7.05 Å². The summed E-state index contributed by atoms with van der Waals surface area (Å²) in [7, 11) is 1.95. The molecule has 13 heavy (non-hydrogen) atoms. The molecule has 72 valence electrons. The molecular formula is C11H17NO. The van der Waals surface area contributed by atoms with Gasteiger partial charge in [-0.1, -0.05) is 30.3 Å². The van der Waals surface area contributed by atoms with Crippen LogP contribution in [-0.4, -0.2) is 18.2 Å². The standard InChI is InChI=1S/C11H17NO/c1-10(2)12(3)13-9-11-7-5-4-6-8-11/h4-8,10H,9H2,1-3H3. The summed E-state index contributed by atoms with van der Waals surface area (Å²) in [6.07, 6.45) is 0. The molecule has 1 rings (SSSR count). The van der Waals surface area contributed by atoms with Gasteiger partial charge in [0.2, 0.25) is 0 Å². The molecule has 0 aliphatic rings. The van der Waals surface area contributed by atoms with Gasteiger partial charge in [-0.15, -0.1) is 0 Å². The van der Waals surface area contributed by atoms with Gasteiger partial charge in [-0.2, -0.15) is 5.06 Å². The largest absolute Gasteiger partial charge is 0.294 e. The fourth-order valence-electron chi connectivity index (χ4n) is 0.900. The van der Waals surface area contributed by atoms with Crippen LogP contribution in [0.4, 0.5) is 0 Å². The van der Waals surface area contributed by atoms with E-state index >= 15 is 0 Å². The van der Waals surface area contributed by atoms with E-state index in [1.54, 1.807) is 0 Å². The minimum Gasteiger partial charge on any atom is -0.294 e. The lowest BCUT2D eigenvalue weighted by atomic mass is 10.2. The lowest BCUT2D eigenvalue weighted by Gasteiger charge is -2.20. The molecule has 2 nitrogen and oxygen atoms in total. The second kappa shape index (κ2) is 5.00. The first-order valence-electron chi connectivity index (χ1n) is 4.60. The van der Waals surface area contributed by atoms with Crippen molar-refractivity contribution in [2.45, 2.75) is 26.5 Å². The van der Waals surface area contributed by atoms with E-state index in [0.29, 0.717) is 12.6 Å². The van der Waals surface area contributed by atoms with Crippen LogP contribution >= 0.6 is 0 Å². The number of hydroxylamine groups is 2. The van der Waals surface area contributed by atoms with E-state index in [1.165, 1.54) is 5.56 Å². The van der Waals surface area contributed by atoms with Gasteiger partial charge in [-0.05, 0) is 19.4 Å². The Morgan fingerprint density at radius 2 is 1.85 bits per heavy atom. The van der Waals surface area contributed by atoms with Gasteiger partial charge in [0.05, 0.1) is 6.61 Å². The van der Waals surface area contributed by atoms with Crippen LogP contribution in [0.5, 0.6) is 0 Å². The summed E-state index contributed by atoms with van der Waals surface area (Å²) >= 11 is 0. The highest BCUT2D eigenvalue weighted by molar-refractivity contribution is 5.13. The van der Waals surface area contributed by atoms with Gasteiger partial charge in [-0.25, -0.2) is 0 Å². The van der Waals surface area contributed by atoms with Gasteiger partial charge >= 0.3 is 0 Å². The van der Waals surface area contributed by atoms with Crippen molar-refractivity contribution in [3.05, 3.63) is 35.9 Å². The number of rotatable bonds is 4. The van der Waals surface area contributed by atoms with Crippen molar-refractivity contribution in [2.24, 2.45) is 0 Å². The zero-order valence-corrected chi connectivity index (χ0v) is 8.53.